The van der Waals surface area contributed by atoms with E-state index in [4.69, 9.17) is 0 Å². The molecule has 3 aromatic rings. The molecular weight excluding hydrogens is 304 g/mol. The number of hydrogen-bond acceptors (Lipinski definition) is 5. The molecule has 0 radical (unpaired) electrons. The van der Waals surface area contributed by atoms with Crippen LogP contribution in [0, 0.1) is 25.2 Å². The first-order valence-corrected chi connectivity index (χ1v) is 8.17. The van der Waals surface area contributed by atoms with Gasteiger partial charge in [-0.15, -0.1) is 11.3 Å². The standard InChI is InChI=1S/C18H16N4S/c1-12-8-17(16(9-19)13(2)21-12)20-10-15-11-23-18(22-15)14-6-4-3-5-7-14/h3-8,11H,10H2,1-2H3,(H,20,21). The number of aromatic nitrogens is 2. The van der Waals surface area contributed by atoms with Gasteiger partial charge >= 0.3 is 0 Å². The summed E-state index contributed by atoms with van der Waals surface area (Å²) < 4.78 is 0. The summed E-state index contributed by atoms with van der Waals surface area (Å²) in [6, 6.07) is 14.2. The molecule has 1 aromatic carbocycles. The second-order valence-corrected chi connectivity index (χ2v) is 6.11. The monoisotopic (exact) mass is 320 g/mol. The van der Waals surface area contributed by atoms with E-state index in [1.54, 1.807) is 11.3 Å². The highest BCUT2D eigenvalue weighted by atomic mass is 32.1. The summed E-state index contributed by atoms with van der Waals surface area (Å²) in [6.45, 7) is 4.36. The summed E-state index contributed by atoms with van der Waals surface area (Å²) in [4.78, 5) is 8.98. The summed E-state index contributed by atoms with van der Waals surface area (Å²) >= 11 is 1.63. The van der Waals surface area contributed by atoms with E-state index in [0.717, 1.165) is 33.3 Å². The minimum Gasteiger partial charge on any atom is -0.378 e. The normalized spacial score (nSPS) is 10.3. The van der Waals surface area contributed by atoms with Crippen molar-refractivity contribution in [3.8, 4) is 16.6 Å². The van der Waals surface area contributed by atoms with Gasteiger partial charge in [0, 0.05) is 16.6 Å². The van der Waals surface area contributed by atoms with Gasteiger partial charge in [-0.25, -0.2) is 4.98 Å². The van der Waals surface area contributed by atoms with Crippen LogP contribution < -0.4 is 5.32 Å². The van der Waals surface area contributed by atoms with Crippen LogP contribution in [0.15, 0.2) is 41.8 Å². The van der Waals surface area contributed by atoms with Crippen molar-refractivity contribution in [2.24, 2.45) is 0 Å². The molecule has 23 heavy (non-hydrogen) atoms. The number of anilines is 1. The van der Waals surface area contributed by atoms with Gasteiger partial charge in [0.1, 0.15) is 11.1 Å². The van der Waals surface area contributed by atoms with Crippen LogP contribution in [0.3, 0.4) is 0 Å². The Hall–Kier alpha value is -2.71. The van der Waals surface area contributed by atoms with Crippen LogP contribution in [0.2, 0.25) is 0 Å². The van der Waals surface area contributed by atoms with Crippen LogP contribution in [0.1, 0.15) is 22.6 Å². The highest BCUT2D eigenvalue weighted by Gasteiger charge is 2.09. The Morgan fingerprint density at radius 1 is 1.17 bits per heavy atom. The van der Waals surface area contributed by atoms with Gasteiger partial charge < -0.3 is 5.32 Å². The zero-order valence-electron chi connectivity index (χ0n) is 13.0. The van der Waals surface area contributed by atoms with Crippen LogP contribution in [0.5, 0.6) is 0 Å². The molecule has 0 unspecified atom stereocenters. The lowest BCUT2D eigenvalue weighted by Crippen LogP contribution is -2.04. The third kappa shape index (κ3) is 3.38. The molecule has 0 aliphatic rings. The van der Waals surface area contributed by atoms with Gasteiger partial charge in [0.2, 0.25) is 0 Å². The van der Waals surface area contributed by atoms with Crippen molar-refractivity contribution in [2.45, 2.75) is 20.4 Å². The molecule has 0 atom stereocenters. The highest BCUT2D eigenvalue weighted by molar-refractivity contribution is 7.13. The number of pyridine rings is 1. The number of rotatable bonds is 4. The van der Waals surface area contributed by atoms with Crippen molar-refractivity contribution in [1.29, 1.82) is 5.26 Å². The quantitative estimate of drug-likeness (QED) is 0.778. The van der Waals surface area contributed by atoms with Crippen molar-refractivity contribution in [1.82, 2.24) is 9.97 Å². The van der Waals surface area contributed by atoms with E-state index in [1.165, 1.54) is 0 Å². The van der Waals surface area contributed by atoms with Gasteiger partial charge in [0.05, 0.1) is 29.2 Å². The van der Waals surface area contributed by atoms with Crippen LogP contribution in [0.25, 0.3) is 10.6 Å². The predicted molar refractivity (Wildman–Crippen MR) is 93.3 cm³/mol. The third-order valence-corrected chi connectivity index (χ3v) is 4.41. The summed E-state index contributed by atoms with van der Waals surface area (Å²) in [5.74, 6) is 0. The van der Waals surface area contributed by atoms with E-state index in [1.807, 2.05) is 43.5 Å². The molecule has 0 aliphatic heterocycles. The lowest BCUT2D eigenvalue weighted by Gasteiger charge is -2.09. The molecule has 114 valence electrons. The minimum absolute atomic E-state index is 0.584. The van der Waals surface area contributed by atoms with Crippen molar-refractivity contribution in [2.75, 3.05) is 5.32 Å². The Labute approximate surface area is 139 Å². The summed E-state index contributed by atoms with van der Waals surface area (Å²) in [5.41, 5.74) is 5.13. The van der Waals surface area contributed by atoms with Gasteiger partial charge in [-0.1, -0.05) is 30.3 Å². The van der Waals surface area contributed by atoms with E-state index in [0.29, 0.717) is 12.1 Å². The minimum atomic E-state index is 0.584. The average Bonchev–Trinajstić information content (AvgIpc) is 3.02. The molecule has 0 amide bonds. The summed E-state index contributed by atoms with van der Waals surface area (Å²) in [5, 5.41) is 15.7. The van der Waals surface area contributed by atoms with Gasteiger partial charge in [-0.05, 0) is 19.9 Å². The molecule has 5 heteroatoms. The van der Waals surface area contributed by atoms with Crippen LogP contribution in [0.4, 0.5) is 5.69 Å². The predicted octanol–water partition coefficient (Wildman–Crippen LogP) is 4.31. The van der Waals surface area contributed by atoms with Crippen molar-refractivity contribution in [3.05, 3.63) is 64.4 Å². The van der Waals surface area contributed by atoms with Crippen LogP contribution >= 0.6 is 11.3 Å². The molecule has 2 aromatic heterocycles. The van der Waals surface area contributed by atoms with Crippen molar-refractivity contribution >= 4 is 17.0 Å². The molecule has 0 bridgehead atoms. The largest absolute Gasteiger partial charge is 0.378 e. The third-order valence-electron chi connectivity index (χ3n) is 3.47. The lowest BCUT2D eigenvalue weighted by atomic mass is 10.1. The fourth-order valence-corrected chi connectivity index (χ4v) is 3.22. The van der Waals surface area contributed by atoms with E-state index in [-0.39, 0.29) is 0 Å². The molecule has 4 nitrogen and oxygen atoms in total. The molecule has 0 fully saturated rings. The number of nitriles is 1. The summed E-state index contributed by atoms with van der Waals surface area (Å²) in [6.07, 6.45) is 0. The van der Waals surface area contributed by atoms with E-state index >= 15 is 0 Å². The first-order chi connectivity index (χ1) is 11.2. The molecule has 0 saturated carbocycles. The number of nitrogens with one attached hydrogen (secondary N) is 1. The Morgan fingerprint density at radius 2 is 1.96 bits per heavy atom. The smallest absolute Gasteiger partial charge is 0.123 e. The fraction of sp³-hybridized carbons (Fsp3) is 0.167. The molecule has 3 rings (SSSR count). The topological polar surface area (TPSA) is 61.6 Å². The van der Waals surface area contributed by atoms with Gasteiger partial charge in [0.25, 0.3) is 0 Å². The van der Waals surface area contributed by atoms with Crippen molar-refractivity contribution in [3.63, 3.8) is 0 Å². The van der Waals surface area contributed by atoms with Crippen molar-refractivity contribution < 1.29 is 0 Å². The maximum atomic E-state index is 9.30. The van der Waals surface area contributed by atoms with Crippen LogP contribution in [-0.2, 0) is 6.54 Å². The number of benzene rings is 1. The number of nitrogens with zero attached hydrogens (tertiary/aromatic N) is 3. The Balaban J connectivity index is 1.78. The van der Waals surface area contributed by atoms with Gasteiger partial charge in [0.15, 0.2) is 0 Å². The Bertz CT molecular complexity index is 862. The van der Waals surface area contributed by atoms with Gasteiger partial charge in [-0.2, -0.15) is 5.26 Å². The van der Waals surface area contributed by atoms with E-state index in [2.05, 4.69) is 33.5 Å². The molecule has 0 spiro atoms. The van der Waals surface area contributed by atoms with E-state index < -0.39 is 0 Å². The van der Waals surface area contributed by atoms with Crippen LogP contribution in [-0.4, -0.2) is 9.97 Å². The molecule has 1 N–H and O–H groups in total. The second-order valence-electron chi connectivity index (χ2n) is 5.25. The fourth-order valence-electron chi connectivity index (χ4n) is 2.40. The maximum absolute atomic E-state index is 9.30. The molecule has 0 saturated heterocycles. The van der Waals surface area contributed by atoms with Gasteiger partial charge in [-0.3, -0.25) is 4.98 Å². The van der Waals surface area contributed by atoms with E-state index in [9.17, 15) is 5.26 Å². The second kappa shape index (κ2) is 6.59. The highest BCUT2D eigenvalue weighted by Crippen LogP contribution is 2.24. The SMILES string of the molecule is Cc1cc(NCc2csc(-c3ccccc3)n2)c(C#N)c(C)n1. The Morgan fingerprint density at radius 3 is 2.70 bits per heavy atom. The zero-order valence-corrected chi connectivity index (χ0v) is 13.8. The number of aryl methyl sites for hydroxylation is 2. The number of thiazole rings is 1. The first-order valence-electron chi connectivity index (χ1n) is 7.29. The maximum Gasteiger partial charge on any atom is 0.123 e. The first kappa shape index (κ1) is 15.2. The zero-order chi connectivity index (χ0) is 16.2. The summed E-state index contributed by atoms with van der Waals surface area (Å²) in [7, 11) is 0. The molecule has 0 aliphatic carbocycles. The lowest BCUT2D eigenvalue weighted by molar-refractivity contribution is 1.05. The number of hydrogen-bond donors (Lipinski definition) is 1. The molecule has 2 heterocycles. The molecular formula is C18H16N4S. The average molecular weight is 320 g/mol. The Kier molecular flexibility index (Phi) is 4.35.